The number of hydrogen-bond acceptors (Lipinski definition) is 4. The number of hydrogen-bond donors (Lipinski definition) is 0. The van der Waals surface area contributed by atoms with Crippen LogP contribution in [0, 0.1) is 17.6 Å². The molecule has 0 radical (unpaired) electrons. The molecule has 0 saturated heterocycles. The van der Waals surface area contributed by atoms with Crippen LogP contribution in [0.3, 0.4) is 0 Å². The summed E-state index contributed by atoms with van der Waals surface area (Å²) >= 11 is 0. The minimum atomic E-state index is -0.784. The number of benzene rings is 1. The lowest BCUT2D eigenvalue weighted by molar-refractivity contribution is -0.142. The van der Waals surface area contributed by atoms with Crippen molar-refractivity contribution in [3.63, 3.8) is 0 Å². The zero-order chi connectivity index (χ0) is 17.0. The van der Waals surface area contributed by atoms with E-state index in [1.807, 2.05) is 0 Å². The second-order valence-electron chi connectivity index (χ2n) is 5.86. The molecule has 0 bridgehead atoms. The highest BCUT2D eigenvalue weighted by atomic mass is 19.1. The molecular formula is C17H20F2O4. The average molecular weight is 326 g/mol. The van der Waals surface area contributed by atoms with Gasteiger partial charge in [0.1, 0.15) is 5.82 Å². The van der Waals surface area contributed by atoms with E-state index in [0.717, 1.165) is 25.0 Å². The maximum atomic E-state index is 13.9. The largest absolute Gasteiger partial charge is 0.487 e. The normalized spacial score (nSPS) is 20.9. The Labute approximate surface area is 133 Å². The maximum absolute atomic E-state index is 13.9. The molecule has 4 nitrogen and oxygen atoms in total. The zero-order valence-corrected chi connectivity index (χ0v) is 13.2. The lowest BCUT2D eigenvalue weighted by Crippen LogP contribution is -2.26. The van der Waals surface area contributed by atoms with Gasteiger partial charge in [-0.05, 0) is 44.6 Å². The molecule has 1 aliphatic carbocycles. The molecule has 0 amide bonds. The average Bonchev–Trinajstić information content (AvgIpc) is 2.52. The minimum Gasteiger partial charge on any atom is -0.487 e. The van der Waals surface area contributed by atoms with E-state index in [4.69, 9.17) is 4.74 Å². The molecule has 0 aromatic heterocycles. The van der Waals surface area contributed by atoms with Gasteiger partial charge < -0.3 is 9.47 Å². The van der Waals surface area contributed by atoms with Crippen molar-refractivity contribution < 1.29 is 27.8 Å². The molecule has 0 aliphatic heterocycles. The summed E-state index contributed by atoms with van der Waals surface area (Å²) in [5, 5.41) is 0. The van der Waals surface area contributed by atoms with E-state index in [1.54, 1.807) is 0 Å². The molecule has 0 spiro atoms. The van der Waals surface area contributed by atoms with Crippen LogP contribution < -0.4 is 4.74 Å². The second-order valence-corrected chi connectivity index (χ2v) is 5.86. The molecule has 6 heteroatoms. The Bertz CT molecular complexity index is 593. The highest BCUT2D eigenvalue weighted by Gasteiger charge is 2.25. The van der Waals surface area contributed by atoms with Gasteiger partial charge in [-0.1, -0.05) is 0 Å². The molecule has 2 rings (SSSR count). The van der Waals surface area contributed by atoms with E-state index in [9.17, 15) is 18.4 Å². The first-order valence-corrected chi connectivity index (χ1v) is 7.64. The third kappa shape index (κ3) is 4.50. The van der Waals surface area contributed by atoms with Crippen molar-refractivity contribution in [2.24, 2.45) is 5.92 Å². The summed E-state index contributed by atoms with van der Waals surface area (Å²) in [6, 6.07) is 1.79. The van der Waals surface area contributed by atoms with Gasteiger partial charge in [0, 0.05) is 12.5 Å². The Balaban J connectivity index is 1.95. The van der Waals surface area contributed by atoms with E-state index in [1.165, 1.54) is 14.0 Å². The summed E-state index contributed by atoms with van der Waals surface area (Å²) < 4.78 is 37.9. The van der Waals surface area contributed by atoms with E-state index in [-0.39, 0.29) is 29.3 Å². The van der Waals surface area contributed by atoms with Gasteiger partial charge in [-0.2, -0.15) is 0 Å². The Morgan fingerprint density at radius 1 is 1.13 bits per heavy atom. The van der Waals surface area contributed by atoms with Crippen molar-refractivity contribution in [2.75, 3.05) is 7.11 Å². The summed E-state index contributed by atoms with van der Waals surface area (Å²) in [7, 11) is 1.36. The Morgan fingerprint density at radius 2 is 1.78 bits per heavy atom. The van der Waals surface area contributed by atoms with Gasteiger partial charge in [0.15, 0.2) is 17.3 Å². The quantitative estimate of drug-likeness (QED) is 0.612. The van der Waals surface area contributed by atoms with Crippen molar-refractivity contribution in [2.45, 2.75) is 45.1 Å². The van der Waals surface area contributed by atoms with Crippen LogP contribution in [-0.4, -0.2) is 25.0 Å². The number of ketones is 1. The molecule has 1 aromatic rings. The molecule has 1 aromatic carbocycles. The summed E-state index contributed by atoms with van der Waals surface area (Å²) in [4.78, 5) is 22.4. The standard InChI is InChI=1S/C17H20F2O4/c1-10(20)13-8-15(19)16(9-14(13)18)23-12-5-3-11(4-6-12)7-17(21)22-2/h8-9,11-12H,3-7H2,1-2H3/t11-,12+. The minimum absolute atomic E-state index is 0.177. The van der Waals surface area contributed by atoms with Crippen molar-refractivity contribution in [1.29, 1.82) is 0 Å². The number of methoxy groups -OCH3 is 1. The van der Waals surface area contributed by atoms with E-state index in [2.05, 4.69) is 4.74 Å². The van der Waals surface area contributed by atoms with E-state index >= 15 is 0 Å². The summed E-state index contributed by atoms with van der Waals surface area (Å²) in [6.07, 6.45) is 3.03. The van der Waals surface area contributed by atoms with Gasteiger partial charge in [0.2, 0.25) is 0 Å². The predicted molar refractivity (Wildman–Crippen MR) is 79.4 cm³/mol. The fourth-order valence-electron chi connectivity index (χ4n) is 2.84. The van der Waals surface area contributed by atoms with Crippen LogP contribution in [0.5, 0.6) is 5.75 Å². The Morgan fingerprint density at radius 3 is 2.35 bits per heavy atom. The van der Waals surface area contributed by atoms with Crippen molar-refractivity contribution in [1.82, 2.24) is 0 Å². The van der Waals surface area contributed by atoms with Crippen LogP contribution >= 0.6 is 0 Å². The molecule has 0 unspecified atom stereocenters. The van der Waals surface area contributed by atoms with Crippen molar-refractivity contribution in [3.8, 4) is 5.75 Å². The van der Waals surface area contributed by atoms with Crippen LogP contribution in [0.25, 0.3) is 0 Å². The van der Waals surface area contributed by atoms with Crippen LogP contribution in [0.2, 0.25) is 0 Å². The van der Waals surface area contributed by atoms with Gasteiger partial charge in [-0.15, -0.1) is 0 Å². The van der Waals surface area contributed by atoms with Gasteiger partial charge in [0.05, 0.1) is 18.8 Å². The van der Waals surface area contributed by atoms with Crippen molar-refractivity contribution >= 4 is 11.8 Å². The fraction of sp³-hybridized carbons (Fsp3) is 0.529. The number of esters is 1. The summed E-state index contributed by atoms with van der Waals surface area (Å²) in [5.74, 6) is -2.23. The monoisotopic (exact) mass is 326 g/mol. The topological polar surface area (TPSA) is 52.6 Å². The molecule has 0 N–H and O–H groups in total. The molecular weight excluding hydrogens is 306 g/mol. The number of carbonyl (C=O) groups is 2. The predicted octanol–water partition coefficient (Wildman–Crippen LogP) is 3.67. The molecule has 126 valence electrons. The number of ether oxygens (including phenoxy) is 2. The molecule has 1 fully saturated rings. The third-order valence-corrected chi connectivity index (χ3v) is 4.17. The first kappa shape index (κ1) is 17.4. The van der Waals surface area contributed by atoms with Crippen LogP contribution in [-0.2, 0) is 9.53 Å². The zero-order valence-electron chi connectivity index (χ0n) is 13.2. The van der Waals surface area contributed by atoms with Crippen LogP contribution in [0.1, 0.15) is 49.4 Å². The molecule has 1 saturated carbocycles. The van der Waals surface area contributed by atoms with Crippen molar-refractivity contribution in [3.05, 3.63) is 29.3 Å². The number of rotatable bonds is 5. The van der Waals surface area contributed by atoms with E-state index in [0.29, 0.717) is 19.3 Å². The van der Waals surface area contributed by atoms with Crippen LogP contribution in [0.4, 0.5) is 8.78 Å². The molecule has 0 atom stereocenters. The van der Waals surface area contributed by atoms with Gasteiger partial charge in [-0.3, -0.25) is 9.59 Å². The lowest BCUT2D eigenvalue weighted by Gasteiger charge is -2.28. The molecule has 0 heterocycles. The first-order valence-electron chi connectivity index (χ1n) is 7.64. The third-order valence-electron chi connectivity index (χ3n) is 4.17. The maximum Gasteiger partial charge on any atom is 0.305 e. The highest BCUT2D eigenvalue weighted by molar-refractivity contribution is 5.94. The van der Waals surface area contributed by atoms with Gasteiger partial charge in [0.25, 0.3) is 0 Å². The number of Topliss-reactive ketones (excluding diaryl/α,β-unsaturated/α-hetero) is 1. The second kappa shape index (κ2) is 7.53. The van der Waals surface area contributed by atoms with Gasteiger partial charge >= 0.3 is 5.97 Å². The smallest absolute Gasteiger partial charge is 0.305 e. The highest BCUT2D eigenvalue weighted by Crippen LogP contribution is 2.31. The van der Waals surface area contributed by atoms with E-state index < -0.39 is 17.4 Å². The van der Waals surface area contributed by atoms with Crippen LogP contribution in [0.15, 0.2) is 12.1 Å². The molecule has 23 heavy (non-hydrogen) atoms. The Kier molecular flexibility index (Phi) is 5.69. The number of carbonyl (C=O) groups excluding carboxylic acids is 2. The Hall–Kier alpha value is -1.98. The summed E-state index contributed by atoms with van der Waals surface area (Å²) in [5.41, 5.74) is -0.281. The summed E-state index contributed by atoms with van der Waals surface area (Å²) in [6.45, 7) is 1.18. The lowest BCUT2D eigenvalue weighted by atomic mass is 9.85. The number of halogens is 2. The van der Waals surface area contributed by atoms with Gasteiger partial charge in [-0.25, -0.2) is 8.78 Å². The SMILES string of the molecule is COC(=O)C[C@H]1CC[C@@H](Oc2cc(F)c(C(C)=O)cc2F)CC1. The fourth-order valence-corrected chi connectivity index (χ4v) is 2.84. The first-order chi connectivity index (χ1) is 10.9. The molecule has 1 aliphatic rings.